The summed E-state index contributed by atoms with van der Waals surface area (Å²) >= 11 is 4.82. The van der Waals surface area contributed by atoms with Gasteiger partial charge in [-0.3, -0.25) is 0 Å². The first-order valence-corrected chi connectivity index (χ1v) is 15.8. The van der Waals surface area contributed by atoms with E-state index in [-0.39, 0.29) is 5.41 Å². The van der Waals surface area contributed by atoms with Crippen LogP contribution in [0.4, 0.5) is 0 Å². The third kappa shape index (κ3) is 3.79. The molecule has 0 N–H and O–H groups in total. The van der Waals surface area contributed by atoms with Gasteiger partial charge in [0.25, 0.3) is 0 Å². The van der Waals surface area contributed by atoms with E-state index in [4.69, 9.17) is 12.6 Å². The maximum absolute atomic E-state index is 4.82. The Balaban J connectivity index is 1.19. The molecule has 8 aromatic rings. The highest BCUT2D eigenvalue weighted by molar-refractivity contribution is 7.80. The van der Waals surface area contributed by atoms with Crippen LogP contribution in [0.2, 0.25) is 0 Å². The van der Waals surface area contributed by atoms with E-state index in [1.54, 1.807) is 0 Å². The van der Waals surface area contributed by atoms with Crippen molar-refractivity contribution in [2.75, 3.05) is 0 Å². The highest BCUT2D eigenvalue weighted by atomic mass is 32.1. The Labute approximate surface area is 263 Å². The first-order chi connectivity index (χ1) is 21.4. The average Bonchev–Trinajstić information content (AvgIpc) is 3.27. The number of hydrogen-bond acceptors (Lipinski definition) is 1. The standard InChI is InChI=1S/C43H30S/c1-43(2)41-23-31(35-13-7-12-30-18-26-8-3-5-10-28(26)21-38(30)35)14-16-36(41)37-17-15-32(24-42(37)43)40-25-34(44)20-33-19-27-9-4-6-11-29(27)22-39(33)40/h3-25,44H,1-2H3. The van der Waals surface area contributed by atoms with Crippen molar-refractivity contribution in [3.63, 3.8) is 0 Å². The highest BCUT2D eigenvalue weighted by Crippen LogP contribution is 2.51. The molecule has 0 fully saturated rings. The van der Waals surface area contributed by atoms with Crippen molar-refractivity contribution in [1.29, 1.82) is 0 Å². The number of thiol groups is 1. The fourth-order valence-electron chi connectivity index (χ4n) is 7.57. The second-order valence-corrected chi connectivity index (χ2v) is 13.3. The summed E-state index contributed by atoms with van der Waals surface area (Å²) in [6.07, 6.45) is 0. The van der Waals surface area contributed by atoms with Crippen LogP contribution in [0, 0.1) is 0 Å². The molecular weight excluding hydrogens is 549 g/mol. The minimum Gasteiger partial charge on any atom is -0.143 e. The van der Waals surface area contributed by atoms with Gasteiger partial charge in [-0.25, -0.2) is 0 Å². The van der Waals surface area contributed by atoms with E-state index in [0.29, 0.717) is 0 Å². The lowest BCUT2D eigenvalue weighted by atomic mass is 9.80. The summed E-state index contributed by atoms with van der Waals surface area (Å²) in [5.74, 6) is 0. The summed E-state index contributed by atoms with van der Waals surface area (Å²) in [6, 6.07) is 51.8. The number of benzene rings is 8. The van der Waals surface area contributed by atoms with Gasteiger partial charge in [-0.05, 0) is 136 Å². The largest absolute Gasteiger partial charge is 0.143 e. The zero-order valence-corrected chi connectivity index (χ0v) is 25.6. The maximum Gasteiger partial charge on any atom is 0.0159 e. The van der Waals surface area contributed by atoms with Crippen molar-refractivity contribution in [3.05, 3.63) is 151 Å². The lowest BCUT2D eigenvalue weighted by molar-refractivity contribution is 0.661. The van der Waals surface area contributed by atoms with Crippen LogP contribution in [0.1, 0.15) is 25.0 Å². The van der Waals surface area contributed by atoms with Crippen LogP contribution in [0.15, 0.2) is 144 Å². The van der Waals surface area contributed by atoms with Crippen molar-refractivity contribution < 1.29 is 0 Å². The van der Waals surface area contributed by atoms with Crippen molar-refractivity contribution in [2.24, 2.45) is 0 Å². The van der Waals surface area contributed by atoms with Gasteiger partial charge >= 0.3 is 0 Å². The van der Waals surface area contributed by atoms with Gasteiger partial charge < -0.3 is 0 Å². The van der Waals surface area contributed by atoms with Gasteiger partial charge in [-0.1, -0.05) is 105 Å². The molecule has 0 saturated heterocycles. The molecule has 0 spiro atoms. The second kappa shape index (κ2) is 9.32. The van der Waals surface area contributed by atoms with Crippen LogP contribution >= 0.6 is 12.6 Å². The third-order valence-corrected chi connectivity index (χ3v) is 10.1. The van der Waals surface area contributed by atoms with Gasteiger partial charge in [-0.15, -0.1) is 12.6 Å². The highest BCUT2D eigenvalue weighted by Gasteiger charge is 2.36. The topological polar surface area (TPSA) is 0 Å². The summed E-state index contributed by atoms with van der Waals surface area (Å²) in [5, 5.41) is 10.1. The Hall–Kier alpha value is -4.85. The molecular formula is C43H30S. The van der Waals surface area contributed by atoms with Gasteiger partial charge in [0.15, 0.2) is 0 Å². The molecule has 0 aromatic heterocycles. The predicted molar refractivity (Wildman–Crippen MR) is 192 cm³/mol. The van der Waals surface area contributed by atoms with Gasteiger partial charge in [0.05, 0.1) is 0 Å². The van der Waals surface area contributed by atoms with E-state index < -0.39 is 0 Å². The molecule has 8 aromatic carbocycles. The summed E-state index contributed by atoms with van der Waals surface area (Å²) in [7, 11) is 0. The molecule has 0 heterocycles. The van der Waals surface area contributed by atoms with Crippen molar-refractivity contribution >= 4 is 55.7 Å². The second-order valence-electron chi connectivity index (χ2n) is 12.8. The summed E-state index contributed by atoms with van der Waals surface area (Å²) < 4.78 is 0. The molecule has 44 heavy (non-hydrogen) atoms. The monoisotopic (exact) mass is 578 g/mol. The predicted octanol–water partition coefficient (Wildman–Crippen LogP) is 12.2. The van der Waals surface area contributed by atoms with Gasteiger partial charge in [0.2, 0.25) is 0 Å². The van der Waals surface area contributed by atoms with Crippen molar-refractivity contribution in [2.45, 2.75) is 24.2 Å². The normalized spacial score (nSPS) is 13.5. The van der Waals surface area contributed by atoms with Crippen molar-refractivity contribution in [1.82, 2.24) is 0 Å². The fraction of sp³-hybridized carbons (Fsp3) is 0.0698. The molecule has 0 saturated carbocycles. The number of fused-ring (bicyclic) bond motifs is 7. The smallest absolute Gasteiger partial charge is 0.0159 e. The van der Waals surface area contributed by atoms with Crippen LogP contribution in [-0.4, -0.2) is 0 Å². The maximum atomic E-state index is 4.82. The zero-order valence-electron chi connectivity index (χ0n) is 24.7. The molecule has 0 radical (unpaired) electrons. The summed E-state index contributed by atoms with van der Waals surface area (Å²) in [5.41, 5.74) is 10.3. The van der Waals surface area contributed by atoms with E-state index in [1.165, 1.54) is 87.6 Å². The van der Waals surface area contributed by atoms with Crippen molar-refractivity contribution in [3.8, 4) is 33.4 Å². The molecule has 0 nitrogen and oxygen atoms in total. The minimum absolute atomic E-state index is 0.130. The van der Waals surface area contributed by atoms with Gasteiger partial charge in [-0.2, -0.15) is 0 Å². The lowest BCUT2D eigenvalue weighted by Crippen LogP contribution is -2.15. The molecule has 0 amide bonds. The molecule has 1 heteroatoms. The fourth-order valence-corrected chi connectivity index (χ4v) is 7.84. The molecule has 208 valence electrons. The van der Waals surface area contributed by atoms with Crippen LogP contribution in [-0.2, 0) is 5.41 Å². The SMILES string of the molecule is CC1(C)c2cc(-c3cccc4cc5ccccc5cc34)ccc2-c2ccc(-c3cc(S)cc4cc5ccccc5cc34)cc21. The molecule has 1 aliphatic rings. The Kier molecular flexibility index (Phi) is 5.43. The molecule has 0 atom stereocenters. The summed E-state index contributed by atoms with van der Waals surface area (Å²) in [4.78, 5) is 0.985. The van der Waals surface area contributed by atoms with Crippen LogP contribution < -0.4 is 0 Å². The molecule has 0 aliphatic heterocycles. The van der Waals surface area contributed by atoms with Crippen LogP contribution in [0.25, 0.3) is 76.5 Å². The van der Waals surface area contributed by atoms with E-state index in [1.807, 2.05) is 0 Å². The van der Waals surface area contributed by atoms with E-state index in [9.17, 15) is 0 Å². The van der Waals surface area contributed by atoms with E-state index in [2.05, 4.69) is 153 Å². The Bertz CT molecular complexity index is 2480. The van der Waals surface area contributed by atoms with Gasteiger partial charge in [0.1, 0.15) is 0 Å². The van der Waals surface area contributed by atoms with E-state index in [0.717, 1.165) is 4.90 Å². The molecule has 0 unspecified atom stereocenters. The molecule has 1 aliphatic carbocycles. The molecule has 9 rings (SSSR count). The third-order valence-electron chi connectivity index (χ3n) is 9.85. The average molecular weight is 579 g/mol. The Morgan fingerprint density at radius 2 is 0.886 bits per heavy atom. The summed E-state index contributed by atoms with van der Waals surface area (Å²) in [6.45, 7) is 4.75. The minimum atomic E-state index is -0.130. The quantitative estimate of drug-likeness (QED) is 0.153. The first-order valence-electron chi connectivity index (χ1n) is 15.3. The number of hydrogen-bond donors (Lipinski definition) is 1. The zero-order chi connectivity index (χ0) is 29.6. The Morgan fingerprint density at radius 3 is 1.50 bits per heavy atom. The molecule has 0 bridgehead atoms. The number of rotatable bonds is 2. The van der Waals surface area contributed by atoms with E-state index >= 15 is 0 Å². The van der Waals surface area contributed by atoms with Gasteiger partial charge in [0, 0.05) is 10.3 Å². The first kappa shape index (κ1) is 25.6. The van der Waals surface area contributed by atoms with Crippen LogP contribution in [0.5, 0.6) is 0 Å². The van der Waals surface area contributed by atoms with Crippen LogP contribution in [0.3, 0.4) is 0 Å². The Morgan fingerprint density at radius 1 is 0.386 bits per heavy atom. The lowest BCUT2D eigenvalue weighted by Gasteiger charge is -2.23.